The molecule has 2 nitrogen and oxygen atoms in total. The first-order valence-corrected chi connectivity index (χ1v) is 6.37. The smallest absolute Gasteiger partial charge is 0.139 e. The fraction of sp³-hybridized carbons (Fsp3) is 0.200. The second kappa shape index (κ2) is 5.49. The molecule has 0 heterocycles. The lowest BCUT2D eigenvalue weighted by Gasteiger charge is -2.14. The molecule has 0 saturated heterocycles. The summed E-state index contributed by atoms with van der Waals surface area (Å²) in [5.41, 5.74) is 7.40. The number of para-hydroxylation sites is 1. The summed E-state index contributed by atoms with van der Waals surface area (Å²) in [6, 6.07) is 9.94. The van der Waals surface area contributed by atoms with E-state index in [0.29, 0.717) is 22.6 Å². The number of hydrogen-bond acceptors (Lipinski definition) is 2. The Labute approximate surface area is 117 Å². The Kier molecular flexibility index (Phi) is 3.96. The fourth-order valence-electron chi connectivity index (χ4n) is 1.82. The average molecular weight is 280 g/mol. The minimum atomic E-state index is -0.418. The molecule has 0 aliphatic carbocycles. The van der Waals surface area contributed by atoms with Crippen LogP contribution in [0.4, 0.5) is 10.1 Å². The number of ether oxygens (including phenoxy) is 1. The molecule has 0 amide bonds. The van der Waals surface area contributed by atoms with E-state index in [1.165, 1.54) is 6.07 Å². The number of hydrogen-bond donors (Lipinski definition) is 1. The lowest BCUT2D eigenvalue weighted by molar-refractivity contribution is 0.242. The molecular formula is C15H15ClFNO. The Morgan fingerprint density at radius 1 is 1.16 bits per heavy atom. The maximum atomic E-state index is 14.0. The number of anilines is 1. The topological polar surface area (TPSA) is 35.2 Å². The van der Waals surface area contributed by atoms with Crippen molar-refractivity contribution in [3.63, 3.8) is 0 Å². The molecule has 0 aliphatic rings. The minimum absolute atomic E-state index is 0.0380. The molecule has 0 spiro atoms. The Hall–Kier alpha value is -1.74. The summed E-state index contributed by atoms with van der Waals surface area (Å²) in [6.07, 6.45) is -0.0380. The van der Waals surface area contributed by atoms with Gasteiger partial charge in [-0.05, 0) is 32.0 Å². The van der Waals surface area contributed by atoms with Gasteiger partial charge in [-0.25, -0.2) is 4.39 Å². The van der Waals surface area contributed by atoms with Crippen molar-refractivity contribution in [1.82, 2.24) is 0 Å². The summed E-state index contributed by atoms with van der Waals surface area (Å²) in [5, 5.41) is 0.254. The predicted molar refractivity (Wildman–Crippen MR) is 77.0 cm³/mol. The van der Waals surface area contributed by atoms with E-state index in [4.69, 9.17) is 22.1 Å². The second-order valence-corrected chi connectivity index (χ2v) is 4.92. The van der Waals surface area contributed by atoms with E-state index in [0.717, 1.165) is 0 Å². The van der Waals surface area contributed by atoms with Crippen LogP contribution in [0.3, 0.4) is 0 Å². The molecule has 19 heavy (non-hydrogen) atoms. The number of benzene rings is 2. The number of nitrogens with two attached hydrogens (primary N) is 1. The van der Waals surface area contributed by atoms with Gasteiger partial charge in [0, 0.05) is 16.8 Å². The quantitative estimate of drug-likeness (QED) is 0.839. The minimum Gasteiger partial charge on any atom is -0.489 e. The van der Waals surface area contributed by atoms with Crippen LogP contribution in [0.1, 0.15) is 13.8 Å². The summed E-state index contributed by atoms with van der Waals surface area (Å²) in [5.74, 6) is 0.0373. The number of halogens is 2. The Balaban J connectivity index is 2.55. The third-order valence-corrected chi connectivity index (χ3v) is 2.93. The van der Waals surface area contributed by atoms with E-state index in [1.807, 2.05) is 19.9 Å². The van der Waals surface area contributed by atoms with Gasteiger partial charge in [-0.2, -0.15) is 0 Å². The van der Waals surface area contributed by atoms with Crippen molar-refractivity contribution in [3.8, 4) is 16.9 Å². The van der Waals surface area contributed by atoms with Crippen LogP contribution in [0.25, 0.3) is 11.1 Å². The first-order chi connectivity index (χ1) is 8.99. The molecule has 0 bridgehead atoms. The number of rotatable bonds is 3. The molecule has 2 rings (SSSR count). The molecule has 0 fully saturated rings. The zero-order chi connectivity index (χ0) is 14.0. The van der Waals surface area contributed by atoms with Crippen molar-refractivity contribution in [2.45, 2.75) is 20.0 Å². The van der Waals surface area contributed by atoms with Crippen LogP contribution in [0.5, 0.6) is 5.75 Å². The van der Waals surface area contributed by atoms with E-state index in [2.05, 4.69) is 0 Å². The van der Waals surface area contributed by atoms with Gasteiger partial charge in [0.2, 0.25) is 0 Å². The summed E-state index contributed by atoms with van der Waals surface area (Å²) in [6.45, 7) is 3.77. The third kappa shape index (κ3) is 2.99. The van der Waals surface area contributed by atoms with Gasteiger partial charge < -0.3 is 10.5 Å². The number of nitrogen functional groups attached to an aromatic ring is 1. The zero-order valence-corrected chi connectivity index (χ0v) is 11.5. The van der Waals surface area contributed by atoms with E-state index in [9.17, 15) is 4.39 Å². The molecule has 2 N–H and O–H groups in total. The van der Waals surface area contributed by atoms with Crippen molar-refractivity contribution >= 4 is 17.3 Å². The van der Waals surface area contributed by atoms with E-state index in [-0.39, 0.29) is 11.1 Å². The van der Waals surface area contributed by atoms with Crippen LogP contribution in [0.15, 0.2) is 36.4 Å². The first kappa shape index (κ1) is 13.7. The summed E-state index contributed by atoms with van der Waals surface area (Å²) < 4.78 is 19.6. The highest BCUT2D eigenvalue weighted by Gasteiger charge is 2.14. The average Bonchev–Trinajstić information content (AvgIpc) is 2.33. The molecule has 0 aromatic heterocycles. The molecule has 0 atom stereocenters. The lowest BCUT2D eigenvalue weighted by atomic mass is 10.0. The van der Waals surface area contributed by atoms with Gasteiger partial charge in [0.05, 0.1) is 11.1 Å². The van der Waals surface area contributed by atoms with Gasteiger partial charge in [-0.15, -0.1) is 0 Å². The predicted octanol–water partition coefficient (Wildman–Crippen LogP) is 4.52. The van der Waals surface area contributed by atoms with Crippen molar-refractivity contribution < 1.29 is 9.13 Å². The van der Waals surface area contributed by atoms with E-state index >= 15 is 0 Å². The van der Waals surface area contributed by atoms with Gasteiger partial charge in [-0.1, -0.05) is 29.8 Å². The lowest BCUT2D eigenvalue weighted by Crippen LogP contribution is -2.06. The van der Waals surface area contributed by atoms with Crippen LogP contribution in [0.2, 0.25) is 5.02 Å². The van der Waals surface area contributed by atoms with Crippen LogP contribution < -0.4 is 10.5 Å². The first-order valence-electron chi connectivity index (χ1n) is 5.99. The normalized spacial score (nSPS) is 10.8. The highest BCUT2D eigenvalue weighted by Crippen LogP contribution is 2.35. The van der Waals surface area contributed by atoms with Crippen molar-refractivity contribution in [2.75, 3.05) is 5.73 Å². The molecule has 2 aromatic carbocycles. The fourth-order valence-corrected chi connectivity index (χ4v) is 2.02. The van der Waals surface area contributed by atoms with Crippen molar-refractivity contribution in [3.05, 3.63) is 47.2 Å². The van der Waals surface area contributed by atoms with E-state index < -0.39 is 5.82 Å². The highest BCUT2D eigenvalue weighted by atomic mass is 35.5. The van der Waals surface area contributed by atoms with Crippen LogP contribution in [-0.2, 0) is 0 Å². The maximum absolute atomic E-state index is 14.0. The summed E-state index contributed by atoms with van der Waals surface area (Å²) in [4.78, 5) is 0. The molecular weight excluding hydrogens is 265 g/mol. The maximum Gasteiger partial charge on any atom is 0.139 e. The Morgan fingerprint density at radius 2 is 1.84 bits per heavy atom. The van der Waals surface area contributed by atoms with Gasteiger partial charge in [0.1, 0.15) is 11.6 Å². The summed E-state index contributed by atoms with van der Waals surface area (Å²) in [7, 11) is 0. The van der Waals surface area contributed by atoms with Crippen LogP contribution >= 0.6 is 11.6 Å². The van der Waals surface area contributed by atoms with Crippen LogP contribution in [-0.4, -0.2) is 6.10 Å². The van der Waals surface area contributed by atoms with Gasteiger partial charge >= 0.3 is 0 Å². The molecule has 2 aromatic rings. The van der Waals surface area contributed by atoms with Crippen molar-refractivity contribution in [1.29, 1.82) is 0 Å². The SMILES string of the molecule is CC(C)Oc1cc(-c2ccccc2N)c(F)cc1Cl. The monoisotopic (exact) mass is 279 g/mol. The molecule has 100 valence electrons. The van der Waals surface area contributed by atoms with Gasteiger partial charge in [0.15, 0.2) is 0 Å². The zero-order valence-electron chi connectivity index (χ0n) is 10.8. The van der Waals surface area contributed by atoms with E-state index in [1.54, 1.807) is 24.3 Å². The molecule has 0 unspecified atom stereocenters. The summed E-state index contributed by atoms with van der Waals surface area (Å²) >= 11 is 5.98. The third-order valence-electron chi connectivity index (χ3n) is 2.64. The molecule has 4 heteroatoms. The molecule has 0 aliphatic heterocycles. The van der Waals surface area contributed by atoms with Gasteiger partial charge in [0.25, 0.3) is 0 Å². The van der Waals surface area contributed by atoms with Gasteiger partial charge in [-0.3, -0.25) is 0 Å². The largest absolute Gasteiger partial charge is 0.489 e. The molecule has 0 saturated carbocycles. The Bertz CT molecular complexity index is 599. The molecule has 0 radical (unpaired) electrons. The highest BCUT2D eigenvalue weighted by molar-refractivity contribution is 6.32. The standard InChI is InChI=1S/C15H15ClFNO/c1-9(2)19-15-7-11(13(17)8-12(15)16)10-5-3-4-6-14(10)18/h3-9H,18H2,1-2H3. The van der Waals surface area contributed by atoms with Crippen LogP contribution in [0, 0.1) is 5.82 Å². The Morgan fingerprint density at radius 3 is 2.47 bits per heavy atom. The van der Waals surface area contributed by atoms with Crippen molar-refractivity contribution in [2.24, 2.45) is 0 Å². The second-order valence-electron chi connectivity index (χ2n) is 4.52.